The maximum absolute atomic E-state index is 12.0. The van der Waals surface area contributed by atoms with E-state index in [0.29, 0.717) is 6.54 Å². The van der Waals surface area contributed by atoms with Crippen molar-refractivity contribution < 1.29 is 9.53 Å². The SMILES string of the molecule is COC1(CNC(=O)C=Cc2ccsc2)Cc2ccccc2C1. The van der Waals surface area contributed by atoms with Gasteiger partial charge in [-0.05, 0) is 39.6 Å². The average Bonchev–Trinajstić information content (AvgIpc) is 3.18. The Bertz CT molecular complexity index is 651. The van der Waals surface area contributed by atoms with Crippen LogP contribution in [0.5, 0.6) is 0 Å². The Hall–Kier alpha value is -1.91. The molecular weight excluding hydrogens is 294 g/mol. The van der Waals surface area contributed by atoms with Gasteiger partial charge in [0.05, 0.1) is 5.60 Å². The Morgan fingerprint density at radius 1 is 1.32 bits per heavy atom. The second-order valence-electron chi connectivity index (χ2n) is 5.62. The molecule has 114 valence electrons. The Balaban J connectivity index is 1.59. The van der Waals surface area contributed by atoms with Crippen LogP contribution in [-0.2, 0) is 22.4 Å². The zero-order valence-electron chi connectivity index (χ0n) is 12.5. The molecule has 2 aromatic rings. The maximum atomic E-state index is 12.0. The number of methoxy groups -OCH3 is 1. The lowest BCUT2D eigenvalue weighted by Crippen LogP contribution is -2.44. The predicted octanol–water partition coefficient (Wildman–Crippen LogP) is 3.06. The van der Waals surface area contributed by atoms with Crippen molar-refractivity contribution in [2.24, 2.45) is 0 Å². The highest BCUT2D eigenvalue weighted by atomic mass is 32.1. The zero-order chi connectivity index (χ0) is 15.4. The Morgan fingerprint density at radius 3 is 2.64 bits per heavy atom. The minimum atomic E-state index is -0.324. The van der Waals surface area contributed by atoms with Crippen LogP contribution in [0, 0.1) is 0 Å². The molecule has 0 unspecified atom stereocenters. The molecule has 1 aromatic carbocycles. The van der Waals surface area contributed by atoms with E-state index in [1.54, 1.807) is 24.5 Å². The fourth-order valence-electron chi connectivity index (χ4n) is 2.85. The second kappa shape index (κ2) is 6.46. The minimum absolute atomic E-state index is 0.0846. The topological polar surface area (TPSA) is 38.3 Å². The first-order chi connectivity index (χ1) is 10.7. The third-order valence-corrected chi connectivity index (χ3v) is 4.83. The third kappa shape index (κ3) is 3.29. The quantitative estimate of drug-likeness (QED) is 0.862. The highest BCUT2D eigenvalue weighted by Gasteiger charge is 2.37. The number of amides is 1. The van der Waals surface area contributed by atoms with Crippen molar-refractivity contribution in [1.29, 1.82) is 0 Å². The molecule has 0 spiro atoms. The number of fused-ring (bicyclic) bond motifs is 1. The van der Waals surface area contributed by atoms with Gasteiger partial charge in [-0.25, -0.2) is 0 Å². The Morgan fingerprint density at radius 2 is 2.05 bits per heavy atom. The average molecular weight is 313 g/mol. The van der Waals surface area contributed by atoms with Crippen LogP contribution >= 0.6 is 11.3 Å². The summed E-state index contributed by atoms with van der Waals surface area (Å²) < 4.78 is 5.74. The number of thiophene rings is 1. The standard InChI is InChI=1S/C18H19NO2S/c1-21-18(10-15-4-2-3-5-16(15)11-18)13-19-17(20)7-6-14-8-9-22-12-14/h2-9,12H,10-11,13H2,1H3,(H,19,20). The fraction of sp³-hybridized carbons (Fsp3) is 0.278. The molecule has 0 atom stereocenters. The Labute approximate surface area is 134 Å². The van der Waals surface area contributed by atoms with Gasteiger partial charge in [-0.15, -0.1) is 0 Å². The van der Waals surface area contributed by atoms with Crippen LogP contribution in [0.3, 0.4) is 0 Å². The van der Waals surface area contributed by atoms with Crippen LogP contribution in [0.15, 0.2) is 47.2 Å². The van der Waals surface area contributed by atoms with Gasteiger partial charge < -0.3 is 10.1 Å². The van der Waals surface area contributed by atoms with E-state index < -0.39 is 0 Å². The van der Waals surface area contributed by atoms with Gasteiger partial charge in [0.25, 0.3) is 0 Å². The molecule has 3 nitrogen and oxygen atoms in total. The first-order valence-electron chi connectivity index (χ1n) is 7.31. The van der Waals surface area contributed by atoms with Gasteiger partial charge in [-0.1, -0.05) is 24.3 Å². The molecule has 1 N–H and O–H groups in total. The lowest BCUT2D eigenvalue weighted by molar-refractivity contribution is -0.118. The summed E-state index contributed by atoms with van der Waals surface area (Å²) in [6.45, 7) is 0.519. The molecule has 1 heterocycles. The molecule has 1 aliphatic carbocycles. The predicted molar refractivity (Wildman–Crippen MR) is 90.0 cm³/mol. The highest BCUT2D eigenvalue weighted by Crippen LogP contribution is 2.32. The summed E-state index contributed by atoms with van der Waals surface area (Å²) in [5.41, 5.74) is 3.35. The van der Waals surface area contributed by atoms with Crippen molar-refractivity contribution in [1.82, 2.24) is 5.32 Å². The summed E-state index contributed by atoms with van der Waals surface area (Å²) in [7, 11) is 1.72. The van der Waals surface area contributed by atoms with Crippen molar-refractivity contribution in [3.05, 3.63) is 63.9 Å². The molecule has 3 rings (SSSR count). The first kappa shape index (κ1) is 15.0. The van der Waals surface area contributed by atoms with E-state index in [1.807, 2.05) is 35.0 Å². The summed E-state index contributed by atoms with van der Waals surface area (Å²) in [6, 6.07) is 10.3. The minimum Gasteiger partial charge on any atom is -0.376 e. The number of ether oxygens (including phenoxy) is 1. The molecule has 22 heavy (non-hydrogen) atoms. The van der Waals surface area contributed by atoms with E-state index in [-0.39, 0.29) is 11.5 Å². The number of carbonyl (C=O) groups excluding carboxylic acids is 1. The molecule has 1 aromatic heterocycles. The number of carbonyl (C=O) groups is 1. The van der Waals surface area contributed by atoms with Gasteiger partial charge in [-0.3, -0.25) is 4.79 Å². The van der Waals surface area contributed by atoms with Gasteiger partial charge in [0, 0.05) is 32.6 Å². The van der Waals surface area contributed by atoms with E-state index >= 15 is 0 Å². The molecule has 4 heteroatoms. The van der Waals surface area contributed by atoms with Crippen molar-refractivity contribution in [3.8, 4) is 0 Å². The monoisotopic (exact) mass is 313 g/mol. The third-order valence-electron chi connectivity index (χ3n) is 4.13. The van der Waals surface area contributed by atoms with Crippen LogP contribution < -0.4 is 5.32 Å². The molecule has 0 radical (unpaired) electrons. The van der Waals surface area contributed by atoms with E-state index in [4.69, 9.17) is 4.74 Å². The van der Waals surface area contributed by atoms with Crippen molar-refractivity contribution in [2.75, 3.05) is 13.7 Å². The number of rotatable bonds is 5. The Kier molecular flexibility index (Phi) is 4.41. The second-order valence-corrected chi connectivity index (χ2v) is 6.40. The number of benzene rings is 1. The molecule has 0 fully saturated rings. The van der Waals surface area contributed by atoms with Gasteiger partial charge in [0.2, 0.25) is 5.91 Å². The fourth-order valence-corrected chi connectivity index (χ4v) is 3.48. The summed E-state index contributed by atoms with van der Waals surface area (Å²) in [4.78, 5) is 12.0. The number of hydrogen-bond acceptors (Lipinski definition) is 3. The van der Waals surface area contributed by atoms with Crippen molar-refractivity contribution >= 4 is 23.3 Å². The van der Waals surface area contributed by atoms with Crippen LogP contribution in [0.25, 0.3) is 6.08 Å². The molecule has 0 saturated heterocycles. The largest absolute Gasteiger partial charge is 0.376 e. The summed E-state index contributed by atoms with van der Waals surface area (Å²) >= 11 is 1.62. The normalized spacial score (nSPS) is 15.9. The lowest BCUT2D eigenvalue weighted by Gasteiger charge is -2.27. The van der Waals surface area contributed by atoms with Crippen molar-refractivity contribution in [3.63, 3.8) is 0 Å². The summed E-state index contributed by atoms with van der Waals surface area (Å²) in [5.74, 6) is -0.0846. The van der Waals surface area contributed by atoms with Gasteiger partial charge >= 0.3 is 0 Å². The van der Waals surface area contributed by atoms with Crippen LogP contribution in [-0.4, -0.2) is 25.2 Å². The molecule has 0 bridgehead atoms. The highest BCUT2D eigenvalue weighted by molar-refractivity contribution is 7.08. The van der Waals surface area contributed by atoms with Crippen LogP contribution in [0.4, 0.5) is 0 Å². The van der Waals surface area contributed by atoms with Crippen molar-refractivity contribution in [2.45, 2.75) is 18.4 Å². The van der Waals surface area contributed by atoms with E-state index in [1.165, 1.54) is 11.1 Å². The molecule has 1 amide bonds. The molecular formula is C18H19NO2S. The number of nitrogens with one attached hydrogen (secondary N) is 1. The van der Waals surface area contributed by atoms with E-state index in [9.17, 15) is 4.79 Å². The van der Waals surface area contributed by atoms with E-state index in [2.05, 4.69) is 17.4 Å². The van der Waals surface area contributed by atoms with Crippen LogP contribution in [0.2, 0.25) is 0 Å². The van der Waals surface area contributed by atoms with Crippen LogP contribution in [0.1, 0.15) is 16.7 Å². The first-order valence-corrected chi connectivity index (χ1v) is 8.25. The van der Waals surface area contributed by atoms with Gasteiger partial charge in [0.1, 0.15) is 0 Å². The molecule has 0 aliphatic heterocycles. The smallest absolute Gasteiger partial charge is 0.244 e. The zero-order valence-corrected chi connectivity index (χ0v) is 13.4. The lowest BCUT2D eigenvalue weighted by atomic mass is 10.00. The van der Waals surface area contributed by atoms with Gasteiger partial charge in [0.15, 0.2) is 0 Å². The van der Waals surface area contributed by atoms with E-state index in [0.717, 1.165) is 18.4 Å². The molecule has 0 saturated carbocycles. The molecule has 1 aliphatic rings. The summed E-state index contributed by atoms with van der Waals surface area (Å²) in [5, 5.41) is 6.97. The van der Waals surface area contributed by atoms with Gasteiger partial charge in [-0.2, -0.15) is 11.3 Å². The maximum Gasteiger partial charge on any atom is 0.244 e. The number of hydrogen-bond donors (Lipinski definition) is 1. The summed E-state index contributed by atoms with van der Waals surface area (Å²) in [6.07, 6.45) is 5.09.